The van der Waals surface area contributed by atoms with Gasteiger partial charge in [-0.3, -0.25) is 0 Å². The first-order chi connectivity index (χ1) is 14.4. The van der Waals surface area contributed by atoms with Crippen LogP contribution in [0.4, 0.5) is 0 Å². The number of esters is 1. The van der Waals surface area contributed by atoms with E-state index >= 15 is 0 Å². The van der Waals surface area contributed by atoms with Gasteiger partial charge in [-0.1, -0.05) is 95.6 Å². The third-order valence-electron chi connectivity index (χ3n) is 5.60. The Labute approximate surface area is 187 Å². The lowest BCUT2D eigenvalue weighted by Crippen LogP contribution is -2.22. The van der Waals surface area contributed by atoms with Gasteiger partial charge in [0.25, 0.3) is 0 Å². The predicted octanol–water partition coefficient (Wildman–Crippen LogP) is 7.78. The van der Waals surface area contributed by atoms with E-state index in [0.717, 1.165) is 22.3 Å². The maximum Gasteiger partial charge on any atom is 0.343 e. The summed E-state index contributed by atoms with van der Waals surface area (Å²) in [7, 11) is 0. The Balaban J connectivity index is 2.07. The number of aryl methyl sites for hydroxylation is 2. The molecule has 0 saturated heterocycles. The Hall–Kier alpha value is -2.87. The summed E-state index contributed by atoms with van der Waals surface area (Å²) in [4.78, 5) is 13.3. The molecule has 2 nitrogen and oxygen atoms in total. The summed E-state index contributed by atoms with van der Waals surface area (Å²) in [6.07, 6.45) is 0. The highest BCUT2D eigenvalue weighted by atomic mass is 16.5. The van der Waals surface area contributed by atoms with E-state index in [1.54, 1.807) is 0 Å². The molecule has 162 valence electrons. The summed E-state index contributed by atoms with van der Waals surface area (Å²) < 4.78 is 6.15. The number of carbonyl (C=O) groups is 1. The zero-order valence-corrected chi connectivity index (χ0v) is 20.1. The van der Waals surface area contributed by atoms with Crippen LogP contribution < -0.4 is 4.74 Å². The van der Waals surface area contributed by atoms with E-state index in [0.29, 0.717) is 11.3 Å². The fourth-order valence-electron chi connectivity index (χ4n) is 3.86. The number of rotatable bonds is 3. The first-order valence-electron chi connectivity index (χ1n) is 10.9. The fourth-order valence-corrected chi connectivity index (χ4v) is 3.86. The van der Waals surface area contributed by atoms with Crippen LogP contribution in [0.25, 0.3) is 11.1 Å². The Bertz CT molecular complexity index is 1070. The van der Waals surface area contributed by atoms with Gasteiger partial charge in [-0.15, -0.1) is 0 Å². The second-order valence-electron chi connectivity index (χ2n) is 10.5. The zero-order valence-electron chi connectivity index (χ0n) is 20.1. The number of benzene rings is 3. The molecule has 31 heavy (non-hydrogen) atoms. The molecule has 0 saturated carbocycles. The van der Waals surface area contributed by atoms with E-state index in [1.807, 2.05) is 36.4 Å². The second kappa shape index (κ2) is 8.34. The van der Waals surface area contributed by atoms with Crippen molar-refractivity contribution in [3.05, 3.63) is 88.5 Å². The van der Waals surface area contributed by atoms with Crippen molar-refractivity contribution in [2.75, 3.05) is 0 Å². The highest BCUT2D eigenvalue weighted by Crippen LogP contribution is 2.41. The Morgan fingerprint density at radius 1 is 0.742 bits per heavy atom. The molecule has 3 aromatic carbocycles. The summed E-state index contributed by atoms with van der Waals surface area (Å²) in [6.45, 7) is 17.1. The van der Waals surface area contributed by atoms with Crippen molar-refractivity contribution < 1.29 is 9.53 Å². The standard InChI is InChI=1S/C29H34O2/c1-19-16-24(28(3,4)5)26(25(17-19)29(6,7)8)31-27(30)22-14-11-13-21(18-22)23-15-10-9-12-20(23)2/h9-18H,1-8H3. The van der Waals surface area contributed by atoms with Crippen molar-refractivity contribution >= 4 is 5.97 Å². The van der Waals surface area contributed by atoms with E-state index in [-0.39, 0.29) is 16.8 Å². The lowest BCUT2D eigenvalue weighted by molar-refractivity contribution is 0.0728. The van der Waals surface area contributed by atoms with E-state index in [2.05, 4.69) is 79.7 Å². The fraction of sp³-hybridized carbons (Fsp3) is 0.345. The topological polar surface area (TPSA) is 26.3 Å². The number of hydrogen-bond acceptors (Lipinski definition) is 2. The van der Waals surface area contributed by atoms with E-state index in [1.165, 1.54) is 11.1 Å². The van der Waals surface area contributed by atoms with Crippen LogP contribution in [0.3, 0.4) is 0 Å². The molecule has 2 heteroatoms. The van der Waals surface area contributed by atoms with Crippen molar-refractivity contribution in [1.82, 2.24) is 0 Å². The van der Waals surface area contributed by atoms with Crippen LogP contribution in [0, 0.1) is 13.8 Å². The van der Waals surface area contributed by atoms with Crippen LogP contribution in [-0.4, -0.2) is 5.97 Å². The number of carbonyl (C=O) groups excluding carboxylic acids is 1. The summed E-state index contributed by atoms with van der Waals surface area (Å²) in [6, 6.07) is 20.2. The van der Waals surface area contributed by atoms with Crippen LogP contribution >= 0.6 is 0 Å². The van der Waals surface area contributed by atoms with Crippen molar-refractivity contribution in [1.29, 1.82) is 0 Å². The van der Waals surface area contributed by atoms with E-state index < -0.39 is 0 Å². The molecule has 0 amide bonds. The lowest BCUT2D eigenvalue weighted by atomic mass is 9.78. The lowest BCUT2D eigenvalue weighted by Gasteiger charge is -2.29. The maximum absolute atomic E-state index is 13.3. The minimum absolute atomic E-state index is 0.148. The number of hydrogen-bond donors (Lipinski definition) is 0. The molecule has 0 heterocycles. The molecule has 0 atom stereocenters. The third-order valence-corrected chi connectivity index (χ3v) is 5.60. The van der Waals surface area contributed by atoms with Gasteiger partial charge in [0, 0.05) is 11.1 Å². The average molecular weight is 415 g/mol. The van der Waals surface area contributed by atoms with E-state index in [9.17, 15) is 4.79 Å². The SMILES string of the molecule is Cc1cc(C(C)(C)C)c(OC(=O)c2cccc(-c3ccccc3C)c2)c(C(C)(C)C)c1. The maximum atomic E-state index is 13.3. The monoisotopic (exact) mass is 414 g/mol. The number of ether oxygens (including phenoxy) is 1. The quantitative estimate of drug-likeness (QED) is 0.323. The molecule has 0 N–H and O–H groups in total. The minimum atomic E-state index is -0.324. The molecule has 0 spiro atoms. The molecule has 0 bridgehead atoms. The van der Waals surface area contributed by atoms with Gasteiger partial charge >= 0.3 is 5.97 Å². The predicted molar refractivity (Wildman–Crippen MR) is 130 cm³/mol. The van der Waals surface area contributed by atoms with Gasteiger partial charge in [-0.25, -0.2) is 4.79 Å². The minimum Gasteiger partial charge on any atom is -0.422 e. The van der Waals surface area contributed by atoms with Gasteiger partial charge in [-0.05, 0) is 53.5 Å². The van der Waals surface area contributed by atoms with E-state index in [4.69, 9.17) is 4.74 Å². The zero-order chi connectivity index (χ0) is 23.0. The van der Waals surface area contributed by atoms with Crippen molar-refractivity contribution in [3.63, 3.8) is 0 Å². The Morgan fingerprint density at radius 2 is 1.32 bits per heavy atom. The normalized spacial score (nSPS) is 12.0. The van der Waals surface area contributed by atoms with Gasteiger partial charge in [-0.2, -0.15) is 0 Å². The van der Waals surface area contributed by atoms with Gasteiger partial charge in [0.2, 0.25) is 0 Å². The molecule has 0 radical (unpaired) electrons. The van der Waals surface area contributed by atoms with Crippen LogP contribution in [0.2, 0.25) is 0 Å². The van der Waals surface area contributed by atoms with Gasteiger partial charge in [0.15, 0.2) is 0 Å². The Morgan fingerprint density at radius 3 is 1.87 bits per heavy atom. The van der Waals surface area contributed by atoms with Gasteiger partial charge < -0.3 is 4.74 Å². The molecule has 0 unspecified atom stereocenters. The first kappa shape index (κ1) is 22.8. The summed E-state index contributed by atoms with van der Waals surface area (Å²) in [5, 5.41) is 0. The van der Waals surface area contributed by atoms with Crippen molar-refractivity contribution in [2.24, 2.45) is 0 Å². The second-order valence-corrected chi connectivity index (χ2v) is 10.5. The van der Waals surface area contributed by atoms with Gasteiger partial charge in [0.1, 0.15) is 5.75 Å². The smallest absolute Gasteiger partial charge is 0.343 e. The van der Waals surface area contributed by atoms with Crippen LogP contribution in [-0.2, 0) is 10.8 Å². The molecule has 0 aliphatic carbocycles. The highest BCUT2D eigenvalue weighted by Gasteiger charge is 2.29. The molecular formula is C29H34O2. The molecule has 0 aliphatic rings. The van der Waals surface area contributed by atoms with Crippen molar-refractivity contribution in [3.8, 4) is 16.9 Å². The molecule has 3 rings (SSSR count). The summed E-state index contributed by atoms with van der Waals surface area (Å²) >= 11 is 0. The molecule has 0 aromatic heterocycles. The van der Waals surface area contributed by atoms with Crippen LogP contribution in [0.5, 0.6) is 5.75 Å². The van der Waals surface area contributed by atoms with Crippen LogP contribution in [0.15, 0.2) is 60.7 Å². The third kappa shape index (κ3) is 5.07. The van der Waals surface area contributed by atoms with Gasteiger partial charge in [0.05, 0.1) is 5.56 Å². The molecule has 3 aromatic rings. The van der Waals surface area contributed by atoms with Crippen molar-refractivity contribution in [2.45, 2.75) is 66.2 Å². The molecule has 0 fully saturated rings. The first-order valence-corrected chi connectivity index (χ1v) is 10.9. The largest absolute Gasteiger partial charge is 0.422 e. The molecular weight excluding hydrogens is 380 g/mol. The highest BCUT2D eigenvalue weighted by molar-refractivity contribution is 5.93. The summed E-state index contributed by atoms with van der Waals surface area (Å²) in [5.41, 5.74) is 6.87. The molecule has 0 aliphatic heterocycles. The Kier molecular flexibility index (Phi) is 6.14. The van der Waals surface area contributed by atoms with Crippen LogP contribution in [0.1, 0.15) is 74.2 Å². The average Bonchev–Trinajstić information content (AvgIpc) is 2.67. The summed E-state index contributed by atoms with van der Waals surface area (Å²) in [5.74, 6) is 0.368.